The highest BCUT2D eigenvalue weighted by Gasteiger charge is 2.56. The number of rotatable bonds is 19. The molecule has 2 N–H and O–H groups in total. The first-order valence-electron chi connectivity index (χ1n) is 17.7. The van der Waals surface area contributed by atoms with Crippen LogP contribution in [0.5, 0.6) is 23.0 Å². The van der Waals surface area contributed by atoms with E-state index in [-0.39, 0.29) is 23.8 Å². The molecular weight excluding hydrogens is 704 g/mol. The number of aromatic nitrogens is 1. The van der Waals surface area contributed by atoms with Gasteiger partial charge in [-0.05, 0) is 88.6 Å². The molecular formula is C40H45F2N3O9. The summed E-state index contributed by atoms with van der Waals surface area (Å²) < 4.78 is 62.4. The van der Waals surface area contributed by atoms with Gasteiger partial charge >= 0.3 is 5.97 Å². The average Bonchev–Trinajstić information content (AvgIpc) is 3.94. The third kappa shape index (κ3) is 11.1. The first kappa shape index (κ1) is 39.9. The number of pyridine rings is 1. The van der Waals surface area contributed by atoms with Gasteiger partial charge in [-0.1, -0.05) is 0 Å². The van der Waals surface area contributed by atoms with Crippen molar-refractivity contribution in [2.24, 2.45) is 5.41 Å². The van der Waals surface area contributed by atoms with Crippen molar-refractivity contribution in [1.82, 2.24) is 4.98 Å². The van der Waals surface area contributed by atoms with Gasteiger partial charge in [0.05, 0.1) is 32.3 Å². The number of fused-ring (bicyclic) bond motifs is 1. The van der Waals surface area contributed by atoms with Gasteiger partial charge in [0.25, 0.3) is 0 Å². The molecule has 1 saturated carbocycles. The zero-order valence-corrected chi connectivity index (χ0v) is 30.8. The highest BCUT2D eigenvalue weighted by Crippen LogP contribution is 2.47. The number of methoxy groups -OCH3 is 1. The molecule has 0 radical (unpaired) electrons. The second kappa shape index (κ2) is 18.1. The molecule has 5 rings (SSSR count). The molecule has 1 aliphatic carbocycles. The highest BCUT2D eigenvalue weighted by molar-refractivity contribution is 6.16. The number of hydrogen-bond acceptors (Lipinski definition) is 10. The SMILES string of the molecule is COc1cc2c(Oc3ccc(NC(=O)C4(C(=O)Nc5ccc(F)cc5)CC4)cc3F)ccnc2cc1OCCCOCCCOCCC(=O)OC(C)(C)C. The van der Waals surface area contributed by atoms with E-state index in [1.807, 2.05) is 20.8 Å². The van der Waals surface area contributed by atoms with Gasteiger partial charge in [-0.3, -0.25) is 19.4 Å². The summed E-state index contributed by atoms with van der Waals surface area (Å²) in [6.45, 7) is 7.60. The molecule has 4 aromatic rings. The Labute approximate surface area is 312 Å². The highest BCUT2D eigenvalue weighted by atomic mass is 19.1. The molecule has 1 aromatic heterocycles. The maximum Gasteiger partial charge on any atom is 0.308 e. The van der Waals surface area contributed by atoms with Crippen LogP contribution in [-0.2, 0) is 28.6 Å². The zero-order chi connectivity index (χ0) is 38.7. The van der Waals surface area contributed by atoms with Gasteiger partial charge in [0.1, 0.15) is 22.6 Å². The maximum atomic E-state index is 15.3. The lowest BCUT2D eigenvalue weighted by molar-refractivity contribution is -0.156. The first-order valence-corrected chi connectivity index (χ1v) is 17.7. The largest absolute Gasteiger partial charge is 0.493 e. The Hall–Kier alpha value is -5.34. The fourth-order valence-electron chi connectivity index (χ4n) is 5.34. The fourth-order valence-corrected chi connectivity index (χ4v) is 5.34. The van der Waals surface area contributed by atoms with Crippen molar-refractivity contribution in [3.8, 4) is 23.0 Å². The van der Waals surface area contributed by atoms with Gasteiger partial charge in [0.15, 0.2) is 23.1 Å². The van der Waals surface area contributed by atoms with E-state index >= 15 is 4.39 Å². The van der Waals surface area contributed by atoms with Gasteiger partial charge in [0.2, 0.25) is 11.8 Å². The van der Waals surface area contributed by atoms with Crippen LogP contribution in [0.1, 0.15) is 52.9 Å². The number of benzene rings is 3. The van der Waals surface area contributed by atoms with E-state index in [1.165, 1.54) is 49.7 Å². The Bertz CT molecular complexity index is 1930. The van der Waals surface area contributed by atoms with E-state index in [9.17, 15) is 18.8 Å². The molecule has 1 fully saturated rings. The predicted octanol–water partition coefficient (Wildman–Crippen LogP) is 7.60. The van der Waals surface area contributed by atoms with Gasteiger partial charge in [0, 0.05) is 61.3 Å². The Morgan fingerprint density at radius 2 is 1.41 bits per heavy atom. The molecule has 0 saturated heterocycles. The van der Waals surface area contributed by atoms with Crippen molar-refractivity contribution in [2.45, 2.75) is 58.5 Å². The number of hydrogen-bond donors (Lipinski definition) is 2. The summed E-state index contributed by atoms with van der Waals surface area (Å²) in [5.41, 5.74) is -0.755. The van der Waals surface area contributed by atoms with E-state index < -0.39 is 34.5 Å². The summed E-state index contributed by atoms with van der Waals surface area (Å²) >= 11 is 0. The van der Waals surface area contributed by atoms with Gasteiger partial charge < -0.3 is 39.1 Å². The number of nitrogens with one attached hydrogen (secondary N) is 2. The van der Waals surface area contributed by atoms with E-state index in [2.05, 4.69) is 15.6 Å². The number of carbonyl (C=O) groups is 3. The second-order valence-electron chi connectivity index (χ2n) is 13.7. The van der Waals surface area contributed by atoms with E-state index in [0.717, 1.165) is 6.07 Å². The van der Waals surface area contributed by atoms with Crippen molar-refractivity contribution >= 4 is 40.1 Å². The fraction of sp³-hybridized carbons (Fsp3) is 0.400. The monoisotopic (exact) mass is 749 g/mol. The van der Waals surface area contributed by atoms with Crippen LogP contribution in [-0.4, -0.2) is 68.5 Å². The smallest absolute Gasteiger partial charge is 0.308 e. The first-order chi connectivity index (χ1) is 25.9. The third-order valence-electron chi connectivity index (χ3n) is 8.26. The van der Waals surface area contributed by atoms with Gasteiger partial charge in [-0.15, -0.1) is 0 Å². The van der Waals surface area contributed by atoms with Crippen molar-refractivity contribution in [2.75, 3.05) is 50.8 Å². The zero-order valence-electron chi connectivity index (χ0n) is 30.8. The number of nitrogens with zero attached hydrogens (tertiary/aromatic N) is 1. The van der Waals surface area contributed by atoms with Crippen LogP contribution >= 0.6 is 0 Å². The lowest BCUT2D eigenvalue weighted by atomic mass is 10.0. The lowest BCUT2D eigenvalue weighted by Gasteiger charge is -2.19. The van der Waals surface area contributed by atoms with Crippen LogP contribution < -0.4 is 24.8 Å². The molecule has 1 aliphatic rings. The quantitative estimate of drug-likeness (QED) is 0.0559. The number of anilines is 2. The normalized spacial score (nSPS) is 13.2. The molecule has 2 amide bonds. The molecule has 14 heteroatoms. The number of amides is 2. The van der Waals surface area contributed by atoms with Crippen molar-refractivity contribution in [3.05, 3.63) is 78.5 Å². The topological polar surface area (TPSA) is 144 Å². The van der Waals surface area contributed by atoms with Crippen LogP contribution in [0.3, 0.4) is 0 Å². The lowest BCUT2D eigenvalue weighted by Crippen LogP contribution is -2.35. The molecule has 0 aliphatic heterocycles. The van der Waals surface area contributed by atoms with Crippen molar-refractivity contribution in [1.29, 1.82) is 0 Å². The summed E-state index contributed by atoms with van der Waals surface area (Å²) in [5, 5.41) is 5.83. The molecule has 1 heterocycles. The standard InChI is InChI=1S/C40H45F2N3O9/c1-39(2,3)54-36(46)14-22-51-19-5-18-50-20-6-21-52-35-25-31-29(24-34(35)49-4)32(13-17-43-31)53-33-12-11-28(23-30(33)42)45-38(48)40(15-16-40)37(47)44-27-9-7-26(41)8-10-27/h7-13,17,23-25H,5-6,14-16,18-22H2,1-4H3,(H,44,47)(H,45,48). The van der Waals surface area contributed by atoms with E-state index in [4.69, 9.17) is 28.4 Å². The van der Waals surface area contributed by atoms with Crippen molar-refractivity contribution < 1.29 is 51.6 Å². The van der Waals surface area contributed by atoms with E-state index in [1.54, 1.807) is 18.2 Å². The molecule has 288 valence electrons. The van der Waals surface area contributed by atoms with Crippen molar-refractivity contribution in [3.63, 3.8) is 0 Å². The molecule has 3 aromatic carbocycles. The number of esters is 1. The number of halogens is 2. The van der Waals surface area contributed by atoms with Crippen LogP contribution in [0.15, 0.2) is 66.9 Å². The summed E-state index contributed by atoms with van der Waals surface area (Å²) in [6.07, 6.45) is 3.70. The molecule has 0 spiro atoms. The third-order valence-corrected chi connectivity index (χ3v) is 8.26. The molecule has 12 nitrogen and oxygen atoms in total. The summed E-state index contributed by atoms with van der Waals surface area (Å²) in [7, 11) is 1.51. The Kier molecular flexibility index (Phi) is 13.4. The average molecular weight is 750 g/mol. The second-order valence-corrected chi connectivity index (χ2v) is 13.7. The Balaban J connectivity index is 1.08. The molecule has 0 bridgehead atoms. The summed E-state index contributed by atoms with van der Waals surface area (Å²) in [4.78, 5) is 42.1. The summed E-state index contributed by atoms with van der Waals surface area (Å²) in [6, 6.07) is 14.2. The van der Waals surface area contributed by atoms with E-state index in [0.29, 0.717) is 92.6 Å². The van der Waals surface area contributed by atoms with Crippen LogP contribution in [0, 0.1) is 17.0 Å². The minimum Gasteiger partial charge on any atom is -0.493 e. The molecule has 0 unspecified atom stereocenters. The van der Waals surface area contributed by atoms with Crippen LogP contribution in [0.25, 0.3) is 10.9 Å². The van der Waals surface area contributed by atoms with Gasteiger partial charge in [-0.2, -0.15) is 0 Å². The predicted molar refractivity (Wildman–Crippen MR) is 197 cm³/mol. The van der Waals surface area contributed by atoms with Crippen LogP contribution in [0.2, 0.25) is 0 Å². The Morgan fingerprint density at radius 1 is 0.759 bits per heavy atom. The van der Waals surface area contributed by atoms with Crippen LogP contribution in [0.4, 0.5) is 20.2 Å². The Morgan fingerprint density at radius 3 is 2.06 bits per heavy atom. The maximum absolute atomic E-state index is 15.3. The minimum absolute atomic E-state index is 0.0951. The number of carbonyl (C=O) groups excluding carboxylic acids is 3. The minimum atomic E-state index is -1.30. The molecule has 0 atom stereocenters. The number of ether oxygens (including phenoxy) is 6. The van der Waals surface area contributed by atoms with Gasteiger partial charge in [-0.25, -0.2) is 8.78 Å². The summed E-state index contributed by atoms with van der Waals surface area (Å²) in [5.74, 6) is -1.43. The molecule has 54 heavy (non-hydrogen) atoms.